The summed E-state index contributed by atoms with van der Waals surface area (Å²) < 4.78 is 0. The second-order valence-electron chi connectivity index (χ2n) is 5.23. The van der Waals surface area contributed by atoms with Crippen molar-refractivity contribution in [2.24, 2.45) is 10.9 Å². The summed E-state index contributed by atoms with van der Waals surface area (Å²) in [5.74, 6) is -0.0846. The zero-order valence-electron chi connectivity index (χ0n) is 11.5. The summed E-state index contributed by atoms with van der Waals surface area (Å²) in [5, 5.41) is 14.7. The first-order valence-corrected chi connectivity index (χ1v) is 7.09. The molecule has 0 aliphatic heterocycles. The molecule has 1 aliphatic rings. The Balaban J connectivity index is 2.05. The molecule has 1 amide bonds. The molecule has 0 atom stereocenters. The largest absolute Gasteiger partial charge is 0.409 e. The van der Waals surface area contributed by atoms with Crippen molar-refractivity contribution in [1.82, 2.24) is 5.32 Å². The van der Waals surface area contributed by atoms with Crippen molar-refractivity contribution >= 4 is 11.7 Å². The number of amides is 1. The van der Waals surface area contributed by atoms with E-state index in [1.54, 1.807) is 24.3 Å². The molecule has 0 heterocycles. The molecule has 5 heteroatoms. The Morgan fingerprint density at radius 2 is 1.85 bits per heavy atom. The number of nitrogens with two attached hydrogens (primary N) is 1. The molecule has 0 saturated heterocycles. The Hall–Kier alpha value is -2.04. The molecule has 1 aromatic carbocycles. The molecule has 5 nitrogen and oxygen atoms in total. The number of nitrogens with one attached hydrogen (secondary N) is 1. The lowest BCUT2D eigenvalue weighted by molar-refractivity contribution is 0.0933. The van der Waals surface area contributed by atoms with Crippen molar-refractivity contribution in [2.75, 3.05) is 0 Å². The third-order valence-electron chi connectivity index (χ3n) is 3.72. The van der Waals surface area contributed by atoms with Crippen LogP contribution in [0, 0.1) is 0 Å². The van der Waals surface area contributed by atoms with Gasteiger partial charge in [-0.05, 0) is 25.0 Å². The predicted molar refractivity (Wildman–Crippen MR) is 77.9 cm³/mol. The van der Waals surface area contributed by atoms with Crippen LogP contribution in [0.4, 0.5) is 0 Å². The first-order valence-electron chi connectivity index (χ1n) is 7.09. The third kappa shape index (κ3) is 3.73. The van der Waals surface area contributed by atoms with Crippen LogP contribution >= 0.6 is 0 Å². The molecule has 1 fully saturated rings. The van der Waals surface area contributed by atoms with Gasteiger partial charge < -0.3 is 16.3 Å². The number of carbonyl (C=O) groups excluding carboxylic acids is 1. The lowest BCUT2D eigenvalue weighted by Gasteiger charge is -2.16. The minimum Gasteiger partial charge on any atom is -0.409 e. The number of hydrogen-bond donors (Lipinski definition) is 3. The summed E-state index contributed by atoms with van der Waals surface area (Å²) in [6, 6.07) is 7.08. The summed E-state index contributed by atoms with van der Waals surface area (Å²) in [6.45, 7) is 0. The maximum Gasteiger partial charge on any atom is 0.251 e. The third-order valence-corrected chi connectivity index (χ3v) is 3.72. The fourth-order valence-corrected chi connectivity index (χ4v) is 2.57. The van der Waals surface area contributed by atoms with Gasteiger partial charge in [0.1, 0.15) is 0 Å². The second-order valence-corrected chi connectivity index (χ2v) is 5.23. The maximum absolute atomic E-state index is 12.2. The Kier molecular flexibility index (Phi) is 4.98. The van der Waals surface area contributed by atoms with E-state index >= 15 is 0 Å². The lowest BCUT2D eigenvalue weighted by atomic mass is 10.1. The first kappa shape index (κ1) is 14.4. The number of carbonyl (C=O) groups is 1. The van der Waals surface area contributed by atoms with Crippen molar-refractivity contribution in [3.8, 4) is 0 Å². The van der Waals surface area contributed by atoms with Gasteiger partial charge in [-0.25, -0.2) is 0 Å². The highest BCUT2D eigenvalue weighted by molar-refractivity contribution is 6.01. The van der Waals surface area contributed by atoms with Gasteiger partial charge in [-0.15, -0.1) is 0 Å². The monoisotopic (exact) mass is 275 g/mol. The van der Waals surface area contributed by atoms with Crippen LogP contribution in [0.5, 0.6) is 0 Å². The second kappa shape index (κ2) is 6.93. The standard InChI is InChI=1S/C15H21N3O2/c16-14(18-20)11-6-5-7-12(10-11)15(19)17-13-8-3-1-2-4-9-13/h5-7,10,13,20H,1-4,8-9H2,(H2,16,18)(H,17,19). The summed E-state index contributed by atoms with van der Waals surface area (Å²) >= 11 is 0. The molecule has 1 aromatic rings. The Morgan fingerprint density at radius 3 is 2.50 bits per heavy atom. The first-order chi connectivity index (χ1) is 9.70. The fourth-order valence-electron chi connectivity index (χ4n) is 2.57. The fraction of sp³-hybridized carbons (Fsp3) is 0.467. The van der Waals surface area contributed by atoms with E-state index in [0.717, 1.165) is 12.8 Å². The summed E-state index contributed by atoms with van der Waals surface area (Å²) in [4.78, 5) is 12.2. The van der Waals surface area contributed by atoms with Crippen molar-refractivity contribution in [3.05, 3.63) is 35.4 Å². The lowest BCUT2D eigenvalue weighted by Crippen LogP contribution is -2.34. The van der Waals surface area contributed by atoms with E-state index < -0.39 is 0 Å². The highest BCUT2D eigenvalue weighted by atomic mass is 16.4. The number of hydrogen-bond acceptors (Lipinski definition) is 3. The van der Waals surface area contributed by atoms with Crippen LogP contribution in [0.15, 0.2) is 29.4 Å². The molecule has 0 spiro atoms. The maximum atomic E-state index is 12.2. The summed E-state index contributed by atoms with van der Waals surface area (Å²) in [6.07, 6.45) is 6.96. The van der Waals surface area contributed by atoms with Gasteiger partial charge in [-0.1, -0.05) is 43.0 Å². The van der Waals surface area contributed by atoms with Crippen LogP contribution in [0.3, 0.4) is 0 Å². The van der Waals surface area contributed by atoms with Crippen molar-refractivity contribution in [2.45, 2.75) is 44.6 Å². The highest BCUT2D eigenvalue weighted by Crippen LogP contribution is 2.17. The molecule has 0 bridgehead atoms. The molecular formula is C15H21N3O2. The molecule has 20 heavy (non-hydrogen) atoms. The quantitative estimate of drug-likeness (QED) is 0.260. The normalized spacial score (nSPS) is 17.5. The van der Waals surface area contributed by atoms with Crippen LogP contribution < -0.4 is 11.1 Å². The van der Waals surface area contributed by atoms with Crippen LogP contribution in [0.1, 0.15) is 54.4 Å². The summed E-state index contributed by atoms with van der Waals surface area (Å²) in [7, 11) is 0. The van der Waals surface area contributed by atoms with Gasteiger partial charge in [0.15, 0.2) is 5.84 Å². The number of oxime groups is 1. The van der Waals surface area contributed by atoms with Gasteiger partial charge >= 0.3 is 0 Å². The molecule has 0 radical (unpaired) electrons. The Labute approximate surface area is 118 Å². The Morgan fingerprint density at radius 1 is 1.20 bits per heavy atom. The van der Waals surface area contributed by atoms with E-state index in [0.29, 0.717) is 11.1 Å². The van der Waals surface area contributed by atoms with Gasteiger partial charge in [0, 0.05) is 17.2 Å². The molecule has 1 saturated carbocycles. The topological polar surface area (TPSA) is 87.7 Å². The van der Waals surface area contributed by atoms with Gasteiger partial charge in [0.05, 0.1) is 0 Å². The van der Waals surface area contributed by atoms with Crippen molar-refractivity contribution in [1.29, 1.82) is 0 Å². The molecule has 4 N–H and O–H groups in total. The molecule has 0 unspecified atom stereocenters. The number of benzene rings is 1. The van der Waals surface area contributed by atoms with Crippen LogP contribution in [0.25, 0.3) is 0 Å². The number of rotatable bonds is 3. The zero-order chi connectivity index (χ0) is 14.4. The minimum absolute atomic E-state index is 0.00844. The van der Waals surface area contributed by atoms with E-state index in [9.17, 15) is 4.79 Å². The van der Waals surface area contributed by atoms with Gasteiger partial charge in [0.2, 0.25) is 0 Å². The summed E-state index contributed by atoms with van der Waals surface area (Å²) in [5.41, 5.74) is 6.62. The molecule has 108 valence electrons. The van der Waals surface area contributed by atoms with Crippen LogP contribution in [-0.2, 0) is 0 Å². The minimum atomic E-state index is -0.0931. The van der Waals surface area contributed by atoms with E-state index in [4.69, 9.17) is 10.9 Å². The van der Waals surface area contributed by atoms with Crippen molar-refractivity contribution in [3.63, 3.8) is 0 Å². The van der Waals surface area contributed by atoms with Crippen molar-refractivity contribution < 1.29 is 10.0 Å². The molecular weight excluding hydrogens is 254 g/mol. The van der Waals surface area contributed by atoms with E-state index in [-0.39, 0.29) is 17.8 Å². The van der Waals surface area contributed by atoms with E-state index in [2.05, 4.69) is 10.5 Å². The number of amidine groups is 1. The van der Waals surface area contributed by atoms with E-state index in [1.807, 2.05) is 0 Å². The van der Waals surface area contributed by atoms with Gasteiger partial charge in [0.25, 0.3) is 5.91 Å². The number of nitrogens with zero attached hydrogens (tertiary/aromatic N) is 1. The van der Waals surface area contributed by atoms with Gasteiger partial charge in [-0.2, -0.15) is 0 Å². The molecule has 0 aromatic heterocycles. The van der Waals surface area contributed by atoms with Gasteiger partial charge in [-0.3, -0.25) is 4.79 Å². The Bertz CT molecular complexity index is 492. The molecule has 2 rings (SSSR count). The smallest absolute Gasteiger partial charge is 0.251 e. The molecule has 1 aliphatic carbocycles. The van der Waals surface area contributed by atoms with Crippen LogP contribution in [0.2, 0.25) is 0 Å². The van der Waals surface area contributed by atoms with E-state index in [1.165, 1.54) is 25.7 Å². The zero-order valence-corrected chi connectivity index (χ0v) is 11.5. The highest BCUT2D eigenvalue weighted by Gasteiger charge is 2.16. The SMILES string of the molecule is N/C(=N\O)c1cccc(C(=O)NC2CCCCCC2)c1. The predicted octanol–water partition coefficient (Wildman–Crippen LogP) is 2.23. The van der Waals surface area contributed by atoms with Crippen LogP contribution in [-0.4, -0.2) is 23.0 Å². The average molecular weight is 275 g/mol. The average Bonchev–Trinajstić information content (AvgIpc) is 2.75.